The number of aromatic carboxylic acids is 1. The average molecular weight is 276 g/mol. The van der Waals surface area contributed by atoms with Gasteiger partial charge in [-0.2, -0.15) is 0 Å². The van der Waals surface area contributed by atoms with Gasteiger partial charge in [0.05, 0.1) is 0 Å². The monoisotopic (exact) mass is 276 g/mol. The average Bonchev–Trinajstić information content (AvgIpc) is 2.41. The normalized spacial score (nSPS) is 10.4. The summed E-state index contributed by atoms with van der Waals surface area (Å²) in [5.41, 5.74) is 1.16. The minimum absolute atomic E-state index is 0.348. The van der Waals surface area contributed by atoms with Crippen LogP contribution in [0, 0.1) is 6.92 Å². The van der Waals surface area contributed by atoms with Crippen molar-refractivity contribution in [1.29, 1.82) is 0 Å². The lowest BCUT2D eigenvalue weighted by molar-refractivity contribution is 0.0657. The standard InChI is InChI=1S/C14H12O4S/c1-8-11(7-12(13(15)16)18-14(8)17)9-3-5-10(19-2)6-4-9/h3-7H,1-2H3,(H,15,16). The second kappa shape index (κ2) is 5.32. The number of carboxylic acid groups (broad SMARTS) is 1. The zero-order valence-electron chi connectivity index (χ0n) is 10.5. The third-order valence-electron chi connectivity index (χ3n) is 2.80. The van der Waals surface area contributed by atoms with E-state index >= 15 is 0 Å². The van der Waals surface area contributed by atoms with Crippen LogP contribution in [0.5, 0.6) is 0 Å². The second-order valence-corrected chi connectivity index (χ2v) is 4.85. The molecule has 0 bridgehead atoms. The van der Waals surface area contributed by atoms with Crippen LogP contribution in [0.2, 0.25) is 0 Å². The zero-order valence-corrected chi connectivity index (χ0v) is 11.3. The Bertz CT molecular complexity index is 671. The Morgan fingerprint density at radius 2 is 1.89 bits per heavy atom. The van der Waals surface area contributed by atoms with Gasteiger partial charge in [-0.25, -0.2) is 9.59 Å². The number of hydrogen-bond acceptors (Lipinski definition) is 4. The summed E-state index contributed by atoms with van der Waals surface area (Å²) in [6.07, 6.45) is 1.97. The van der Waals surface area contributed by atoms with Gasteiger partial charge < -0.3 is 9.52 Å². The molecule has 0 saturated carbocycles. The van der Waals surface area contributed by atoms with E-state index in [0.29, 0.717) is 11.1 Å². The summed E-state index contributed by atoms with van der Waals surface area (Å²) in [7, 11) is 0. The van der Waals surface area contributed by atoms with Crippen molar-refractivity contribution in [3.8, 4) is 11.1 Å². The quantitative estimate of drug-likeness (QED) is 0.873. The lowest BCUT2D eigenvalue weighted by Gasteiger charge is -2.06. The molecule has 1 aromatic heterocycles. The molecule has 5 heteroatoms. The Balaban J connectivity index is 2.59. The molecular formula is C14H12O4S. The summed E-state index contributed by atoms with van der Waals surface area (Å²) in [4.78, 5) is 23.6. The van der Waals surface area contributed by atoms with Crippen molar-refractivity contribution in [3.63, 3.8) is 0 Å². The third kappa shape index (κ3) is 2.71. The van der Waals surface area contributed by atoms with Gasteiger partial charge in [0.15, 0.2) is 0 Å². The maximum absolute atomic E-state index is 11.6. The number of rotatable bonds is 3. The fourth-order valence-electron chi connectivity index (χ4n) is 1.73. The Kier molecular flexibility index (Phi) is 3.76. The van der Waals surface area contributed by atoms with E-state index in [2.05, 4.69) is 0 Å². The van der Waals surface area contributed by atoms with Gasteiger partial charge in [-0.05, 0) is 42.5 Å². The van der Waals surface area contributed by atoms with E-state index in [1.165, 1.54) is 6.07 Å². The lowest BCUT2D eigenvalue weighted by Crippen LogP contribution is -2.10. The van der Waals surface area contributed by atoms with E-state index < -0.39 is 11.6 Å². The molecule has 0 spiro atoms. The molecule has 0 atom stereocenters. The molecule has 0 saturated heterocycles. The van der Waals surface area contributed by atoms with E-state index in [9.17, 15) is 9.59 Å². The maximum Gasteiger partial charge on any atom is 0.371 e. The summed E-state index contributed by atoms with van der Waals surface area (Å²) in [5, 5.41) is 8.92. The van der Waals surface area contributed by atoms with Gasteiger partial charge in [0.25, 0.3) is 0 Å². The molecule has 2 rings (SSSR count). The third-order valence-corrected chi connectivity index (χ3v) is 3.54. The van der Waals surface area contributed by atoms with E-state index in [1.807, 2.05) is 30.5 Å². The minimum atomic E-state index is -1.25. The van der Waals surface area contributed by atoms with Crippen LogP contribution in [0.25, 0.3) is 11.1 Å². The van der Waals surface area contributed by atoms with Crippen molar-refractivity contribution in [2.75, 3.05) is 6.26 Å². The number of benzene rings is 1. The predicted octanol–water partition coefficient (Wildman–Crippen LogP) is 3.04. The van der Waals surface area contributed by atoms with Crippen LogP contribution in [-0.4, -0.2) is 17.3 Å². The van der Waals surface area contributed by atoms with Gasteiger partial charge in [0.2, 0.25) is 5.76 Å². The zero-order chi connectivity index (χ0) is 14.0. The SMILES string of the molecule is CSc1ccc(-c2cc(C(=O)O)oc(=O)c2C)cc1. The van der Waals surface area contributed by atoms with Gasteiger partial charge in [-0.3, -0.25) is 0 Å². The van der Waals surface area contributed by atoms with Crippen LogP contribution in [0.1, 0.15) is 16.1 Å². The summed E-state index contributed by atoms with van der Waals surface area (Å²) in [6, 6.07) is 8.95. The van der Waals surface area contributed by atoms with E-state index in [-0.39, 0.29) is 5.76 Å². The minimum Gasteiger partial charge on any atom is -0.475 e. The molecule has 1 N–H and O–H groups in total. The summed E-state index contributed by atoms with van der Waals surface area (Å²) in [6.45, 7) is 1.62. The molecule has 0 aliphatic heterocycles. The van der Waals surface area contributed by atoms with E-state index in [0.717, 1.165) is 10.5 Å². The van der Waals surface area contributed by atoms with Crippen molar-refractivity contribution >= 4 is 17.7 Å². The van der Waals surface area contributed by atoms with Crippen molar-refractivity contribution in [3.05, 3.63) is 52.1 Å². The number of carboxylic acids is 1. The maximum atomic E-state index is 11.6. The van der Waals surface area contributed by atoms with Gasteiger partial charge in [0.1, 0.15) is 0 Å². The smallest absolute Gasteiger partial charge is 0.371 e. The molecule has 4 nitrogen and oxygen atoms in total. The van der Waals surface area contributed by atoms with Crippen LogP contribution in [0.3, 0.4) is 0 Å². The molecule has 0 aliphatic rings. The molecule has 98 valence electrons. The summed E-state index contributed by atoms with van der Waals surface area (Å²) < 4.78 is 4.72. The Morgan fingerprint density at radius 3 is 2.42 bits per heavy atom. The van der Waals surface area contributed by atoms with Crippen molar-refractivity contribution in [2.24, 2.45) is 0 Å². The molecule has 1 aromatic carbocycles. The predicted molar refractivity (Wildman–Crippen MR) is 73.9 cm³/mol. The van der Waals surface area contributed by atoms with Crippen LogP contribution in [-0.2, 0) is 0 Å². The summed E-state index contributed by atoms with van der Waals surface area (Å²) in [5.74, 6) is -1.60. The van der Waals surface area contributed by atoms with Gasteiger partial charge in [-0.15, -0.1) is 11.8 Å². The summed E-state index contributed by atoms with van der Waals surface area (Å²) >= 11 is 1.61. The molecule has 0 fully saturated rings. The lowest BCUT2D eigenvalue weighted by atomic mass is 10.0. The first-order valence-electron chi connectivity index (χ1n) is 5.55. The van der Waals surface area contributed by atoms with E-state index in [1.54, 1.807) is 18.7 Å². The fraction of sp³-hybridized carbons (Fsp3) is 0.143. The first kappa shape index (κ1) is 13.4. The highest BCUT2D eigenvalue weighted by molar-refractivity contribution is 7.98. The molecule has 0 aliphatic carbocycles. The van der Waals surface area contributed by atoms with Crippen molar-refractivity contribution < 1.29 is 14.3 Å². The highest BCUT2D eigenvalue weighted by Crippen LogP contribution is 2.25. The molecular weight excluding hydrogens is 264 g/mol. The number of thioether (sulfide) groups is 1. The van der Waals surface area contributed by atoms with Crippen molar-refractivity contribution in [2.45, 2.75) is 11.8 Å². The molecule has 0 amide bonds. The Hall–Kier alpha value is -2.01. The molecule has 19 heavy (non-hydrogen) atoms. The largest absolute Gasteiger partial charge is 0.475 e. The Labute approximate surface area is 114 Å². The van der Waals surface area contributed by atoms with Gasteiger partial charge in [0, 0.05) is 10.5 Å². The van der Waals surface area contributed by atoms with Gasteiger partial charge in [-0.1, -0.05) is 12.1 Å². The molecule has 0 radical (unpaired) electrons. The van der Waals surface area contributed by atoms with Crippen LogP contribution < -0.4 is 5.63 Å². The van der Waals surface area contributed by atoms with Crippen LogP contribution >= 0.6 is 11.8 Å². The van der Waals surface area contributed by atoms with E-state index in [4.69, 9.17) is 9.52 Å². The molecule has 1 heterocycles. The second-order valence-electron chi connectivity index (χ2n) is 3.97. The Morgan fingerprint density at radius 1 is 1.26 bits per heavy atom. The van der Waals surface area contributed by atoms with Crippen LogP contribution in [0.4, 0.5) is 0 Å². The van der Waals surface area contributed by atoms with Gasteiger partial charge >= 0.3 is 11.6 Å². The molecule has 0 unspecified atom stereocenters. The topological polar surface area (TPSA) is 67.5 Å². The van der Waals surface area contributed by atoms with Crippen LogP contribution in [0.15, 0.2) is 44.4 Å². The highest BCUT2D eigenvalue weighted by Gasteiger charge is 2.14. The first-order valence-corrected chi connectivity index (χ1v) is 6.78. The van der Waals surface area contributed by atoms with Crippen molar-refractivity contribution in [1.82, 2.24) is 0 Å². The first-order chi connectivity index (χ1) is 9.02. The number of hydrogen-bond donors (Lipinski definition) is 1. The molecule has 2 aromatic rings. The highest BCUT2D eigenvalue weighted by atomic mass is 32.2. The number of carbonyl (C=O) groups is 1. The fourth-order valence-corrected chi connectivity index (χ4v) is 2.14.